The molecule has 0 unspecified atom stereocenters. The topological polar surface area (TPSA) is 78.9 Å². The third-order valence-corrected chi connectivity index (χ3v) is 11.4. The van der Waals surface area contributed by atoms with Crippen molar-refractivity contribution in [1.29, 1.82) is 0 Å². The molecule has 0 heterocycles. The minimum Gasteiger partial charge on any atom is -0.462 e. The molecule has 0 saturated carbocycles. The maximum Gasteiger partial charge on any atom is 0.306 e. The van der Waals surface area contributed by atoms with Crippen LogP contribution < -0.4 is 0 Å². The first kappa shape index (κ1) is 61.6. The molecule has 0 amide bonds. The van der Waals surface area contributed by atoms with E-state index in [-0.39, 0.29) is 37.5 Å². The number of hydrogen-bond acceptors (Lipinski definition) is 6. The van der Waals surface area contributed by atoms with Crippen molar-refractivity contribution in [1.82, 2.24) is 0 Å². The van der Waals surface area contributed by atoms with E-state index in [1.165, 1.54) is 128 Å². The van der Waals surface area contributed by atoms with Gasteiger partial charge in [0.05, 0.1) is 0 Å². The monoisotopic (exact) mass is 905 g/mol. The number of unbranched alkanes of at least 4 members (excludes halogenated alkanes) is 23. The third-order valence-electron chi connectivity index (χ3n) is 11.4. The fourth-order valence-corrected chi connectivity index (χ4v) is 7.26. The largest absolute Gasteiger partial charge is 0.462 e. The van der Waals surface area contributed by atoms with E-state index in [1.54, 1.807) is 0 Å². The molecular weight excluding hydrogens is 805 g/mol. The number of ether oxygens (including phenoxy) is 3. The zero-order valence-electron chi connectivity index (χ0n) is 42.5. The zero-order valence-corrected chi connectivity index (χ0v) is 42.5. The molecule has 0 rings (SSSR count). The smallest absolute Gasteiger partial charge is 0.306 e. The van der Waals surface area contributed by atoms with E-state index in [2.05, 4.69) is 106 Å². The lowest BCUT2D eigenvalue weighted by molar-refractivity contribution is -0.167. The normalized spacial score (nSPS) is 12.7. The van der Waals surface area contributed by atoms with Gasteiger partial charge in [0.1, 0.15) is 13.2 Å². The number of rotatable bonds is 48. The van der Waals surface area contributed by atoms with Gasteiger partial charge in [-0.1, -0.05) is 221 Å². The van der Waals surface area contributed by atoms with Crippen LogP contribution in [0.5, 0.6) is 0 Å². The lowest BCUT2D eigenvalue weighted by Gasteiger charge is -2.18. The first-order valence-corrected chi connectivity index (χ1v) is 27.1. The summed E-state index contributed by atoms with van der Waals surface area (Å²) >= 11 is 0. The summed E-state index contributed by atoms with van der Waals surface area (Å²) in [6.45, 7) is 6.51. The first-order valence-electron chi connectivity index (χ1n) is 27.1. The predicted molar refractivity (Wildman–Crippen MR) is 279 cm³/mol. The highest BCUT2D eigenvalue weighted by Gasteiger charge is 2.19. The van der Waals surface area contributed by atoms with Gasteiger partial charge in [-0.25, -0.2) is 0 Å². The highest BCUT2D eigenvalue weighted by atomic mass is 16.6. The van der Waals surface area contributed by atoms with Gasteiger partial charge in [-0.05, 0) is 96.3 Å². The van der Waals surface area contributed by atoms with Gasteiger partial charge in [0.15, 0.2) is 6.10 Å². The van der Waals surface area contributed by atoms with Crippen LogP contribution >= 0.6 is 0 Å². The van der Waals surface area contributed by atoms with E-state index in [0.717, 1.165) is 77.0 Å². The Morgan fingerprint density at radius 1 is 0.308 bits per heavy atom. The Kier molecular flexibility index (Phi) is 50.4. The number of allylic oxidation sites excluding steroid dienone is 14. The van der Waals surface area contributed by atoms with E-state index in [0.29, 0.717) is 19.3 Å². The van der Waals surface area contributed by atoms with Crippen LogP contribution in [-0.4, -0.2) is 37.2 Å². The predicted octanol–water partition coefficient (Wildman–Crippen LogP) is 18.0. The molecule has 0 saturated heterocycles. The van der Waals surface area contributed by atoms with Crippen molar-refractivity contribution in [3.63, 3.8) is 0 Å². The number of esters is 3. The summed E-state index contributed by atoms with van der Waals surface area (Å²) in [6.07, 6.45) is 68.6. The minimum absolute atomic E-state index is 0.112. The quantitative estimate of drug-likeness (QED) is 0.0262. The van der Waals surface area contributed by atoms with E-state index in [1.807, 2.05) is 0 Å². The van der Waals surface area contributed by atoms with E-state index < -0.39 is 6.10 Å². The van der Waals surface area contributed by atoms with Crippen LogP contribution in [0, 0.1) is 0 Å². The summed E-state index contributed by atoms with van der Waals surface area (Å²) < 4.78 is 16.7. The van der Waals surface area contributed by atoms with E-state index >= 15 is 0 Å². The number of carbonyl (C=O) groups is 3. The third kappa shape index (κ3) is 51.4. The second-order valence-corrected chi connectivity index (χ2v) is 17.8. The Morgan fingerprint density at radius 3 is 0.954 bits per heavy atom. The average molecular weight is 905 g/mol. The Labute approximate surface area is 401 Å². The molecule has 0 aliphatic heterocycles. The highest BCUT2D eigenvalue weighted by Crippen LogP contribution is 2.15. The van der Waals surface area contributed by atoms with Crippen LogP contribution in [0.4, 0.5) is 0 Å². The molecule has 0 aliphatic carbocycles. The molecular formula is C59H100O6. The molecule has 0 spiro atoms. The summed E-state index contributed by atoms with van der Waals surface area (Å²) in [6, 6.07) is 0. The number of carbonyl (C=O) groups excluding carboxylic acids is 3. The number of hydrogen-bond donors (Lipinski definition) is 0. The molecule has 372 valence electrons. The molecule has 65 heavy (non-hydrogen) atoms. The summed E-state index contributed by atoms with van der Waals surface area (Å²) in [5.74, 6) is -1.000. The summed E-state index contributed by atoms with van der Waals surface area (Å²) in [7, 11) is 0. The SMILES string of the molecule is CCCCC/C=C\C/C=C\C/C=C\C/C=C\CCCC(=O)OC[C@H](COC(=O)CCCC/C=C\C/C=C\C/C=C\CCCCC)OC(=O)CCCCCCCCCCCCCCCCC. The summed E-state index contributed by atoms with van der Waals surface area (Å²) in [4.78, 5) is 38.0. The Balaban J connectivity index is 4.52. The standard InChI is InChI=1S/C59H100O6/c1-4-7-10-13-16-19-22-25-28-29-32-34-37-40-43-46-49-52-58(61)64-55-56(65-59(62)53-50-47-44-41-38-35-31-27-24-21-18-15-12-9-6-3)54-63-57(60)51-48-45-42-39-36-33-30-26-23-20-17-14-11-8-5-2/h16-17,19-20,25-26,28,30,32,34,36,39-40,43,56H,4-15,18,21-24,27,29,31,33,35,37-38,41-42,44-55H2,1-3H3/b19-16-,20-17-,28-25-,30-26-,34-32-,39-36-,43-40-/t56-/m0/s1. The summed E-state index contributed by atoms with van der Waals surface area (Å²) in [5.41, 5.74) is 0. The molecule has 6 nitrogen and oxygen atoms in total. The molecule has 0 aliphatic rings. The van der Waals surface area contributed by atoms with Crippen molar-refractivity contribution >= 4 is 17.9 Å². The lowest BCUT2D eigenvalue weighted by Crippen LogP contribution is -2.30. The van der Waals surface area contributed by atoms with Crippen LogP contribution in [0.25, 0.3) is 0 Å². The fourth-order valence-electron chi connectivity index (χ4n) is 7.26. The van der Waals surface area contributed by atoms with Crippen LogP contribution in [0.15, 0.2) is 85.1 Å². The zero-order chi connectivity index (χ0) is 47.2. The highest BCUT2D eigenvalue weighted by molar-refractivity contribution is 5.71. The van der Waals surface area contributed by atoms with Gasteiger partial charge in [-0.2, -0.15) is 0 Å². The molecule has 6 heteroatoms. The van der Waals surface area contributed by atoms with E-state index in [9.17, 15) is 14.4 Å². The Bertz CT molecular complexity index is 1270. The first-order chi connectivity index (χ1) is 32.0. The van der Waals surface area contributed by atoms with Gasteiger partial charge in [0.2, 0.25) is 0 Å². The van der Waals surface area contributed by atoms with Gasteiger partial charge < -0.3 is 14.2 Å². The average Bonchev–Trinajstić information content (AvgIpc) is 3.30. The van der Waals surface area contributed by atoms with Crippen LogP contribution in [-0.2, 0) is 28.6 Å². The van der Waals surface area contributed by atoms with Gasteiger partial charge >= 0.3 is 17.9 Å². The van der Waals surface area contributed by atoms with Crippen LogP contribution in [0.3, 0.4) is 0 Å². The van der Waals surface area contributed by atoms with Crippen molar-refractivity contribution in [3.8, 4) is 0 Å². The second-order valence-electron chi connectivity index (χ2n) is 17.8. The molecule has 0 N–H and O–H groups in total. The summed E-state index contributed by atoms with van der Waals surface area (Å²) in [5, 5.41) is 0. The maximum atomic E-state index is 12.8. The molecule has 0 aromatic carbocycles. The van der Waals surface area contributed by atoms with Crippen molar-refractivity contribution in [2.24, 2.45) is 0 Å². The van der Waals surface area contributed by atoms with Crippen molar-refractivity contribution < 1.29 is 28.6 Å². The lowest BCUT2D eigenvalue weighted by atomic mass is 10.0. The van der Waals surface area contributed by atoms with Gasteiger partial charge in [0.25, 0.3) is 0 Å². The van der Waals surface area contributed by atoms with Crippen LogP contribution in [0.1, 0.15) is 252 Å². The molecule has 0 bridgehead atoms. The fraction of sp³-hybridized carbons (Fsp3) is 0.712. The Morgan fingerprint density at radius 2 is 0.569 bits per heavy atom. The maximum absolute atomic E-state index is 12.8. The molecule has 0 aromatic heterocycles. The van der Waals surface area contributed by atoms with Crippen molar-refractivity contribution in [2.75, 3.05) is 13.2 Å². The van der Waals surface area contributed by atoms with Gasteiger partial charge in [-0.15, -0.1) is 0 Å². The second kappa shape index (κ2) is 53.2. The van der Waals surface area contributed by atoms with Crippen LogP contribution in [0.2, 0.25) is 0 Å². The van der Waals surface area contributed by atoms with Crippen molar-refractivity contribution in [2.45, 2.75) is 258 Å². The molecule has 0 aromatic rings. The molecule has 0 radical (unpaired) electrons. The molecule has 0 fully saturated rings. The minimum atomic E-state index is -0.812. The van der Waals surface area contributed by atoms with Crippen molar-refractivity contribution in [3.05, 3.63) is 85.1 Å². The van der Waals surface area contributed by atoms with Gasteiger partial charge in [-0.3, -0.25) is 14.4 Å². The van der Waals surface area contributed by atoms with E-state index in [4.69, 9.17) is 14.2 Å². The van der Waals surface area contributed by atoms with Gasteiger partial charge in [0, 0.05) is 19.3 Å². The Hall–Kier alpha value is -3.41. The molecule has 1 atom stereocenters.